The van der Waals surface area contributed by atoms with Crippen molar-refractivity contribution >= 4 is 28.5 Å². The Morgan fingerprint density at radius 3 is 2.59 bits per heavy atom. The van der Waals surface area contributed by atoms with Crippen molar-refractivity contribution in [3.8, 4) is 0 Å². The molecular weight excluding hydrogens is 332 g/mol. The number of rotatable bonds is 5. The molecule has 0 radical (unpaired) electrons. The zero-order chi connectivity index (χ0) is 12.8. The SMILES string of the molecule is CC(C)C(CI)NC(=O)Cc1ccccc1F. The van der Waals surface area contributed by atoms with E-state index >= 15 is 0 Å². The van der Waals surface area contributed by atoms with Crippen LogP contribution in [0.15, 0.2) is 24.3 Å². The lowest BCUT2D eigenvalue weighted by Crippen LogP contribution is -2.40. The first-order valence-corrected chi connectivity index (χ1v) is 7.16. The van der Waals surface area contributed by atoms with E-state index in [2.05, 4.69) is 41.8 Å². The highest BCUT2D eigenvalue weighted by Gasteiger charge is 2.15. The summed E-state index contributed by atoms with van der Waals surface area (Å²) in [6.45, 7) is 4.12. The van der Waals surface area contributed by atoms with Gasteiger partial charge in [-0.1, -0.05) is 54.6 Å². The van der Waals surface area contributed by atoms with Crippen molar-refractivity contribution in [1.29, 1.82) is 0 Å². The zero-order valence-electron chi connectivity index (χ0n) is 10.0. The maximum absolute atomic E-state index is 13.3. The van der Waals surface area contributed by atoms with Gasteiger partial charge in [0.05, 0.1) is 6.42 Å². The van der Waals surface area contributed by atoms with Crippen LogP contribution in [0.3, 0.4) is 0 Å². The maximum Gasteiger partial charge on any atom is 0.224 e. The van der Waals surface area contributed by atoms with E-state index in [1.165, 1.54) is 6.07 Å². The van der Waals surface area contributed by atoms with Gasteiger partial charge in [0.15, 0.2) is 0 Å². The van der Waals surface area contributed by atoms with Crippen LogP contribution in [0.2, 0.25) is 0 Å². The highest BCUT2D eigenvalue weighted by atomic mass is 127. The quantitative estimate of drug-likeness (QED) is 0.643. The fraction of sp³-hybridized carbons (Fsp3) is 0.462. The summed E-state index contributed by atoms with van der Waals surface area (Å²) in [7, 11) is 0. The van der Waals surface area contributed by atoms with E-state index in [1.54, 1.807) is 18.2 Å². The molecule has 1 aromatic carbocycles. The first-order chi connectivity index (χ1) is 8.04. The van der Waals surface area contributed by atoms with Crippen LogP contribution < -0.4 is 5.32 Å². The minimum atomic E-state index is -0.321. The van der Waals surface area contributed by atoms with Gasteiger partial charge in [-0.15, -0.1) is 0 Å². The molecule has 0 heterocycles. The highest BCUT2D eigenvalue weighted by molar-refractivity contribution is 14.1. The largest absolute Gasteiger partial charge is 0.352 e. The Morgan fingerprint density at radius 1 is 1.41 bits per heavy atom. The van der Waals surface area contributed by atoms with Crippen LogP contribution in [0.25, 0.3) is 0 Å². The molecule has 0 aliphatic rings. The van der Waals surface area contributed by atoms with Crippen molar-refractivity contribution in [2.45, 2.75) is 26.3 Å². The standard InChI is InChI=1S/C13H17FINO/c1-9(2)12(8-15)16-13(17)7-10-5-3-4-6-11(10)14/h3-6,9,12H,7-8H2,1-2H3,(H,16,17). The van der Waals surface area contributed by atoms with Gasteiger partial charge in [0.25, 0.3) is 0 Å². The molecule has 0 fully saturated rings. The van der Waals surface area contributed by atoms with Gasteiger partial charge < -0.3 is 5.32 Å². The normalized spacial score (nSPS) is 12.5. The Labute approximate surface area is 115 Å². The molecule has 1 rings (SSSR count). The second kappa shape index (κ2) is 6.93. The van der Waals surface area contributed by atoms with E-state index in [4.69, 9.17) is 0 Å². The summed E-state index contributed by atoms with van der Waals surface area (Å²) < 4.78 is 14.2. The molecule has 17 heavy (non-hydrogen) atoms. The van der Waals surface area contributed by atoms with E-state index < -0.39 is 0 Å². The van der Waals surface area contributed by atoms with Gasteiger partial charge in [0.2, 0.25) is 5.91 Å². The zero-order valence-corrected chi connectivity index (χ0v) is 12.2. The van der Waals surface area contributed by atoms with Crippen LogP contribution in [0.5, 0.6) is 0 Å². The fourth-order valence-electron chi connectivity index (χ4n) is 1.46. The maximum atomic E-state index is 13.3. The monoisotopic (exact) mass is 349 g/mol. The molecule has 94 valence electrons. The number of amides is 1. The lowest BCUT2D eigenvalue weighted by Gasteiger charge is -2.20. The Hall–Kier alpha value is -0.650. The molecule has 0 aliphatic carbocycles. The van der Waals surface area contributed by atoms with Gasteiger partial charge in [-0.3, -0.25) is 4.79 Å². The summed E-state index contributed by atoms with van der Waals surface area (Å²) in [6.07, 6.45) is 0.104. The fourth-order valence-corrected chi connectivity index (χ4v) is 2.69. The van der Waals surface area contributed by atoms with E-state index in [-0.39, 0.29) is 24.2 Å². The Balaban J connectivity index is 2.58. The molecule has 0 spiro atoms. The summed E-state index contributed by atoms with van der Waals surface area (Å²) in [6, 6.07) is 6.53. The summed E-state index contributed by atoms with van der Waals surface area (Å²) in [5.41, 5.74) is 0.445. The predicted octanol–water partition coefficient (Wildman–Crippen LogP) is 2.94. The summed E-state index contributed by atoms with van der Waals surface area (Å²) in [5.74, 6) is -0.0554. The van der Waals surface area contributed by atoms with Crippen LogP contribution in [-0.4, -0.2) is 16.4 Å². The summed E-state index contributed by atoms with van der Waals surface area (Å²) in [5, 5.41) is 2.93. The first kappa shape index (κ1) is 14.4. The molecule has 0 bridgehead atoms. The number of hydrogen-bond acceptors (Lipinski definition) is 1. The molecule has 1 aromatic rings. The van der Waals surface area contributed by atoms with Crippen molar-refractivity contribution in [2.75, 3.05) is 4.43 Å². The van der Waals surface area contributed by atoms with Crippen molar-refractivity contribution in [3.63, 3.8) is 0 Å². The molecule has 4 heteroatoms. The van der Waals surface area contributed by atoms with Gasteiger partial charge in [-0.25, -0.2) is 4.39 Å². The van der Waals surface area contributed by atoms with Gasteiger partial charge in [-0.05, 0) is 17.5 Å². The minimum Gasteiger partial charge on any atom is -0.352 e. The average molecular weight is 349 g/mol. The second-order valence-electron chi connectivity index (χ2n) is 4.34. The molecule has 1 amide bonds. The smallest absolute Gasteiger partial charge is 0.224 e. The van der Waals surface area contributed by atoms with Gasteiger partial charge in [-0.2, -0.15) is 0 Å². The molecule has 1 atom stereocenters. The molecule has 0 aromatic heterocycles. The van der Waals surface area contributed by atoms with Crippen molar-refractivity contribution < 1.29 is 9.18 Å². The van der Waals surface area contributed by atoms with Gasteiger partial charge in [0.1, 0.15) is 5.82 Å². The average Bonchev–Trinajstić information content (AvgIpc) is 2.28. The predicted molar refractivity (Wildman–Crippen MR) is 75.8 cm³/mol. The third kappa shape index (κ3) is 4.61. The Morgan fingerprint density at radius 2 is 2.06 bits per heavy atom. The lowest BCUT2D eigenvalue weighted by atomic mass is 10.1. The molecule has 0 saturated heterocycles. The first-order valence-electron chi connectivity index (χ1n) is 5.63. The molecule has 0 saturated carbocycles. The Kier molecular flexibility index (Phi) is 5.88. The van der Waals surface area contributed by atoms with E-state index in [1.807, 2.05) is 0 Å². The van der Waals surface area contributed by atoms with Crippen LogP contribution >= 0.6 is 22.6 Å². The van der Waals surface area contributed by atoms with Crippen molar-refractivity contribution in [3.05, 3.63) is 35.6 Å². The Bertz CT molecular complexity index is 381. The number of hydrogen-bond donors (Lipinski definition) is 1. The summed E-state index contributed by atoms with van der Waals surface area (Å²) in [4.78, 5) is 11.8. The van der Waals surface area contributed by atoms with E-state index in [0.29, 0.717) is 11.5 Å². The topological polar surface area (TPSA) is 29.1 Å². The molecule has 1 N–H and O–H groups in total. The molecule has 2 nitrogen and oxygen atoms in total. The number of carbonyl (C=O) groups is 1. The van der Waals surface area contributed by atoms with E-state index in [0.717, 1.165) is 4.43 Å². The van der Waals surface area contributed by atoms with Crippen LogP contribution in [0.1, 0.15) is 19.4 Å². The third-order valence-electron chi connectivity index (χ3n) is 2.63. The third-order valence-corrected chi connectivity index (χ3v) is 3.58. The number of alkyl halides is 1. The van der Waals surface area contributed by atoms with Gasteiger partial charge >= 0.3 is 0 Å². The number of nitrogens with one attached hydrogen (secondary N) is 1. The van der Waals surface area contributed by atoms with Crippen LogP contribution in [-0.2, 0) is 11.2 Å². The van der Waals surface area contributed by atoms with Gasteiger partial charge in [0, 0.05) is 10.5 Å². The van der Waals surface area contributed by atoms with Crippen LogP contribution in [0.4, 0.5) is 4.39 Å². The molecule has 1 unspecified atom stereocenters. The highest BCUT2D eigenvalue weighted by Crippen LogP contribution is 2.09. The number of benzene rings is 1. The molecular formula is C13H17FINO. The lowest BCUT2D eigenvalue weighted by molar-refractivity contribution is -0.121. The molecule has 0 aliphatic heterocycles. The number of carbonyl (C=O) groups excluding carboxylic acids is 1. The van der Waals surface area contributed by atoms with Crippen molar-refractivity contribution in [1.82, 2.24) is 5.32 Å². The second-order valence-corrected chi connectivity index (χ2v) is 5.22. The minimum absolute atomic E-state index is 0.104. The number of halogens is 2. The van der Waals surface area contributed by atoms with E-state index in [9.17, 15) is 9.18 Å². The van der Waals surface area contributed by atoms with Crippen molar-refractivity contribution in [2.24, 2.45) is 5.92 Å². The van der Waals surface area contributed by atoms with Crippen LogP contribution in [0, 0.1) is 11.7 Å². The summed E-state index contributed by atoms with van der Waals surface area (Å²) >= 11 is 2.25.